The summed E-state index contributed by atoms with van der Waals surface area (Å²) in [5.41, 5.74) is 10.0. The van der Waals surface area contributed by atoms with E-state index in [1.165, 1.54) is 39.3 Å². The molecule has 0 amide bonds. The zero-order valence-corrected chi connectivity index (χ0v) is 23.6. The molecule has 2 fully saturated rings. The van der Waals surface area contributed by atoms with Crippen molar-refractivity contribution in [1.29, 1.82) is 0 Å². The predicted molar refractivity (Wildman–Crippen MR) is 153 cm³/mol. The van der Waals surface area contributed by atoms with Crippen LogP contribution in [0.25, 0.3) is 5.69 Å². The van der Waals surface area contributed by atoms with Gasteiger partial charge in [-0.1, -0.05) is 23.8 Å². The molecular weight excluding hydrogens is 478 g/mol. The summed E-state index contributed by atoms with van der Waals surface area (Å²) in [7, 11) is 0. The van der Waals surface area contributed by atoms with Crippen LogP contribution in [0.1, 0.15) is 57.8 Å². The number of benzene rings is 1. The second-order valence-corrected chi connectivity index (χ2v) is 10.9. The first-order chi connectivity index (χ1) is 17.8. The highest BCUT2D eigenvalue weighted by molar-refractivity contribution is 7.80. The van der Waals surface area contributed by atoms with Crippen molar-refractivity contribution in [3.05, 3.63) is 81.9 Å². The number of pyridine rings is 1. The summed E-state index contributed by atoms with van der Waals surface area (Å²) in [5.74, 6) is 0. The quantitative estimate of drug-likeness (QED) is 0.440. The lowest BCUT2D eigenvalue weighted by Gasteiger charge is -2.30. The molecule has 2 atom stereocenters. The van der Waals surface area contributed by atoms with Gasteiger partial charge in [0, 0.05) is 43.8 Å². The molecule has 2 aromatic heterocycles. The van der Waals surface area contributed by atoms with Gasteiger partial charge >= 0.3 is 0 Å². The van der Waals surface area contributed by atoms with Crippen LogP contribution in [0, 0.1) is 34.6 Å². The van der Waals surface area contributed by atoms with E-state index in [9.17, 15) is 0 Å². The van der Waals surface area contributed by atoms with Gasteiger partial charge in [-0.05, 0) is 88.1 Å². The van der Waals surface area contributed by atoms with Crippen molar-refractivity contribution in [3.63, 3.8) is 0 Å². The molecule has 7 heteroatoms. The topological polar surface area (TPSA) is 45.6 Å². The summed E-state index contributed by atoms with van der Waals surface area (Å²) < 4.78 is 7.96. The first-order valence-electron chi connectivity index (χ1n) is 13.4. The van der Waals surface area contributed by atoms with Crippen LogP contribution in [-0.4, -0.2) is 63.9 Å². The SMILES string of the molecule is Cc1cc(C)c(-n2c(C)cc([C@H]3[C@H](c4ccccn4)NC(=S)N3CCCN3CCOCC3)c2C)c(C)c1. The number of thiocarbonyl (C=S) groups is 1. The van der Waals surface area contributed by atoms with Gasteiger partial charge < -0.3 is 19.5 Å². The third-order valence-corrected chi connectivity index (χ3v) is 8.18. The van der Waals surface area contributed by atoms with Crippen molar-refractivity contribution in [2.24, 2.45) is 0 Å². The summed E-state index contributed by atoms with van der Waals surface area (Å²) in [6.45, 7) is 16.7. The third kappa shape index (κ3) is 5.17. The predicted octanol–water partition coefficient (Wildman–Crippen LogP) is 5.11. The van der Waals surface area contributed by atoms with Gasteiger partial charge in [0.1, 0.15) is 0 Å². The van der Waals surface area contributed by atoms with Crippen LogP contribution in [0.4, 0.5) is 0 Å². The summed E-state index contributed by atoms with van der Waals surface area (Å²) >= 11 is 5.94. The molecule has 2 saturated heterocycles. The summed E-state index contributed by atoms with van der Waals surface area (Å²) in [4.78, 5) is 9.63. The molecule has 2 aliphatic rings. The van der Waals surface area contributed by atoms with Gasteiger partial charge in [0.15, 0.2) is 5.11 Å². The minimum absolute atomic E-state index is 0.00579. The standard InChI is InChI=1S/C30H39N5OS/c1-20-17-21(2)28(22(3)18-20)35-23(4)19-25(24(35)5)29-27(26-9-6-7-10-31-26)32-30(37)34(29)12-8-11-33-13-15-36-16-14-33/h6-7,9-10,17-19,27,29H,8,11-16H2,1-5H3,(H,32,37)/t27-,29-/m0/s1. The molecule has 2 aliphatic heterocycles. The maximum Gasteiger partial charge on any atom is 0.170 e. The normalized spacial score (nSPS) is 20.5. The van der Waals surface area contributed by atoms with Crippen LogP contribution in [0.5, 0.6) is 0 Å². The minimum atomic E-state index is 0.00579. The molecule has 5 rings (SSSR count). The number of hydrogen-bond donors (Lipinski definition) is 1. The Morgan fingerprint density at radius 3 is 2.41 bits per heavy atom. The number of hydrogen-bond acceptors (Lipinski definition) is 4. The highest BCUT2D eigenvalue weighted by atomic mass is 32.1. The highest BCUT2D eigenvalue weighted by Gasteiger charge is 2.41. The van der Waals surface area contributed by atoms with Gasteiger partial charge in [-0.25, -0.2) is 0 Å². The minimum Gasteiger partial charge on any atom is -0.379 e. The van der Waals surface area contributed by atoms with E-state index in [0.717, 1.165) is 56.6 Å². The Bertz CT molecular complexity index is 1240. The largest absolute Gasteiger partial charge is 0.379 e. The van der Waals surface area contributed by atoms with Crippen molar-refractivity contribution in [2.45, 2.75) is 53.1 Å². The van der Waals surface area contributed by atoms with Crippen LogP contribution in [0.2, 0.25) is 0 Å². The van der Waals surface area contributed by atoms with Crippen molar-refractivity contribution in [3.8, 4) is 5.69 Å². The molecule has 0 spiro atoms. The maximum absolute atomic E-state index is 5.94. The molecule has 0 saturated carbocycles. The number of ether oxygens (including phenoxy) is 1. The monoisotopic (exact) mass is 517 g/mol. The van der Waals surface area contributed by atoms with Crippen LogP contribution in [0.3, 0.4) is 0 Å². The lowest BCUT2D eigenvalue weighted by molar-refractivity contribution is 0.0365. The van der Waals surface area contributed by atoms with Gasteiger partial charge in [-0.2, -0.15) is 0 Å². The molecule has 3 aromatic rings. The van der Waals surface area contributed by atoms with E-state index < -0.39 is 0 Å². The van der Waals surface area contributed by atoms with Crippen LogP contribution in [-0.2, 0) is 4.74 Å². The lowest BCUT2D eigenvalue weighted by Crippen LogP contribution is -2.39. The number of nitrogens with zero attached hydrogens (tertiary/aromatic N) is 4. The molecule has 196 valence electrons. The lowest BCUT2D eigenvalue weighted by atomic mass is 9.96. The average Bonchev–Trinajstić information content (AvgIpc) is 3.35. The number of morpholine rings is 1. The molecule has 1 N–H and O–H groups in total. The maximum atomic E-state index is 5.94. The van der Waals surface area contributed by atoms with E-state index in [0.29, 0.717) is 0 Å². The molecule has 0 aliphatic carbocycles. The molecule has 0 bridgehead atoms. The fourth-order valence-electron chi connectivity index (χ4n) is 6.23. The second kappa shape index (κ2) is 10.9. The van der Waals surface area contributed by atoms with Gasteiger partial charge in [0.2, 0.25) is 0 Å². The summed E-state index contributed by atoms with van der Waals surface area (Å²) in [6, 6.07) is 13.2. The van der Waals surface area contributed by atoms with E-state index in [1.807, 2.05) is 12.3 Å². The van der Waals surface area contributed by atoms with Crippen molar-refractivity contribution < 1.29 is 4.74 Å². The number of rotatable bonds is 7. The molecular formula is C30H39N5OS. The van der Waals surface area contributed by atoms with Crippen LogP contribution >= 0.6 is 12.2 Å². The smallest absolute Gasteiger partial charge is 0.170 e. The van der Waals surface area contributed by atoms with Gasteiger partial charge in [0.25, 0.3) is 0 Å². The van der Waals surface area contributed by atoms with E-state index in [2.05, 4.69) is 84.6 Å². The van der Waals surface area contributed by atoms with Gasteiger partial charge in [-0.3, -0.25) is 9.88 Å². The van der Waals surface area contributed by atoms with E-state index in [-0.39, 0.29) is 12.1 Å². The molecule has 37 heavy (non-hydrogen) atoms. The molecule has 6 nitrogen and oxygen atoms in total. The highest BCUT2D eigenvalue weighted by Crippen LogP contribution is 2.42. The van der Waals surface area contributed by atoms with Crippen LogP contribution < -0.4 is 5.32 Å². The third-order valence-electron chi connectivity index (χ3n) is 7.82. The Kier molecular flexibility index (Phi) is 7.65. The summed E-state index contributed by atoms with van der Waals surface area (Å²) in [6.07, 6.45) is 2.93. The number of nitrogens with one attached hydrogen (secondary N) is 1. The second-order valence-electron chi connectivity index (χ2n) is 10.5. The first kappa shape index (κ1) is 25.9. The molecule has 0 unspecified atom stereocenters. The first-order valence-corrected chi connectivity index (χ1v) is 13.8. The summed E-state index contributed by atoms with van der Waals surface area (Å²) in [5, 5.41) is 4.45. The van der Waals surface area contributed by atoms with E-state index in [4.69, 9.17) is 21.9 Å². The van der Waals surface area contributed by atoms with E-state index >= 15 is 0 Å². The Morgan fingerprint density at radius 2 is 1.73 bits per heavy atom. The fraction of sp³-hybridized carbons (Fsp3) is 0.467. The average molecular weight is 518 g/mol. The Balaban J connectivity index is 1.51. The molecule has 0 radical (unpaired) electrons. The number of aryl methyl sites for hydroxylation is 4. The Morgan fingerprint density at radius 1 is 1.00 bits per heavy atom. The molecule has 1 aromatic carbocycles. The zero-order chi connectivity index (χ0) is 26.1. The Labute approximate surface area is 226 Å². The van der Waals surface area contributed by atoms with Gasteiger partial charge in [-0.15, -0.1) is 0 Å². The van der Waals surface area contributed by atoms with Crippen molar-refractivity contribution >= 4 is 17.3 Å². The van der Waals surface area contributed by atoms with E-state index in [1.54, 1.807) is 0 Å². The van der Waals surface area contributed by atoms with Crippen molar-refractivity contribution in [2.75, 3.05) is 39.4 Å². The molecule has 4 heterocycles. The zero-order valence-electron chi connectivity index (χ0n) is 22.8. The number of aromatic nitrogens is 2. The van der Waals surface area contributed by atoms with Crippen molar-refractivity contribution in [1.82, 2.24) is 24.7 Å². The fourth-order valence-corrected chi connectivity index (χ4v) is 6.56. The van der Waals surface area contributed by atoms with Crippen LogP contribution in [0.15, 0.2) is 42.6 Å². The Hall–Kier alpha value is -2.74. The van der Waals surface area contributed by atoms with Gasteiger partial charge in [0.05, 0.1) is 36.7 Å².